The topological polar surface area (TPSA) is 32.7 Å². The predicted octanol–water partition coefficient (Wildman–Crippen LogP) is 4.35. The van der Waals surface area contributed by atoms with Crippen LogP contribution in [-0.2, 0) is 16.8 Å². The number of morpholine rings is 1. The van der Waals surface area contributed by atoms with Crippen molar-refractivity contribution in [3.8, 4) is 0 Å². The maximum Gasteiger partial charge on any atom is 0.0976 e. The van der Waals surface area contributed by atoms with Crippen LogP contribution in [0.2, 0.25) is 0 Å². The SMILES string of the molecule is CCC[C@](O)(c1ccc(CC)cc1)[C@H](CN1CCOCC1)c1ccccc1. The molecule has 0 amide bonds. The van der Waals surface area contributed by atoms with E-state index in [0.29, 0.717) is 0 Å². The molecule has 27 heavy (non-hydrogen) atoms. The molecule has 1 fully saturated rings. The van der Waals surface area contributed by atoms with Gasteiger partial charge in [-0.1, -0.05) is 74.9 Å². The van der Waals surface area contributed by atoms with E-state index in [1.165, 1.54) is 11.1 Å². The first-order valence-corrected chi connectivity index (χ1v) is 10.3. The van der Waals surface area contributed by atoms with Crippen LogP contribution in [0.1, 0.15) is 49.3 Å². The van der Waals surface area contributed by atoms with E-state index in [2.05, 4.69) is 67.3 Å². The second-order valence-electron chi connectivity index (χ2n) is 7.60. The van der Waals surface area contributed by atoms with Crippen LogP contribution in [0, 0.1) is 0 Å². The van der Waals surface area contributed by atoms with Crippen LogP contribution in [0.15, 0.2) is 54.6 Å². The lowest BCUT2D eigenvalue weighted by Crippen LogP contribution is -2.45. The van der Waals surface area contributed by atoms with Gasteiger partial charge in [0.1, 0.15) is 0 Å². The number of aryl methyl sites for hydroxylation is 1. The Balaban J connectivity index is 1.98. The summed E-state index contributed by atoms with van der Waals surface area (Å²) in [6, 6.07) is 19.1. The molecule has 3 rings (SSSR count). The second kappa shape index (κ2) is 9.50. The molecule has 1 saturated heterocycles. The first kappa shape index (κ1) is 20.1. The van der Waals surface area contributed by atoms with Crippen molar-refractivity contribution in [3.63, 3.8) is 0 Å². The van der Waals surface area contributed by atoms with Crippen LogP contribution in [0.3, 0.4) is 0 Å². The molecule has 2 atom stereocenters. The van der Waals surface area contributed by atoms with E-state index in [0.717, 1.165) is 57.7 Å². The minimum Gasteiger partial charge on any atom is -0.384 e. The summed E-state index contributed by atoms with van der Waals surface area (Å²) in [7, 11) is 0. The highest BCUT2D eigenvalue weighted by atomic mass is 16.5. The monoisotopic (exact) mass is 367 g/mol. The third-order valence-electron chi connectivity index (χ3n) is 5.82. The lowest BCUT2D eigenvalue weighted by atomic mass is 9.74. The summed E-state index contributed by atoms with van der Waals surface area (Å²) in [5.41, 5.74) is 2.67. The van der Waals surface area contributed by atoms with Crippen molar-refractivity contribution in [1.29, 1.82) is 0 Å². The van der Waals surface area contributed by atoms with Gasteiger partial charge in [0, 0.05) is 25.6 Å². The van der Waals surface area contributed by atoms with Gasteiger partial charge in [0.2, 0.25) is 0 Å². The van der Waals surface area contributed by atoms with Crippen LogP contribution in [0.4, 0.5) is 0 Å². The summed E-state index contributed by atoms with van der Waals surface area (Å²) in [4.78, 5) is 2.43. The fourth-order valence-electron chi connectivity index (χ4n) is 4.19. The summed E-state index contributed by atoms with van der Waals surface area (Å²) in [6.07, 6.45) is 2.71. The molecule has 1 aliphatic rings. The van der Waals surface area contributed by atoms with E-state index in [1.54, 1.807) is 0 Å². The Morgan fingerprint density at radius 1 is 1.00 bits per heavy atom. The van der Waals surface area contributed by atoms with Gasteiger partial charge in [-0.3, -0.25) is 4.90 Å². The highest BCUT2D eigenvalue weighted by Crippen LogP contribution is 2.41. The van der Waals surface area contributed by atoms with Crippen molar-refractivity contribution in [1.82, 2.24) is 4.90 Å². The number of rotatable bonds is 8. The van der Waals surface area contributed by atoms with Crippen molar-refractivity contribution in [2.24, 2.45) is 0 Å². The summed E-state index contributed by atoms with van der Waals surface area (Å²) in [5, 5.41) is 12.0. The molecule has 1 N–H and O–H groups in total. The first-order chi connectivity index (χ1) is 13.2. The zero-order chi connectivity index (χ0) is 19.1. The summed E-state index contributed by atoms with van der Waals surface area (Å²) in [5.74, 6) is 0.0317. The number of hydrogen-bond donors (Lipinski definition) is 1. The minimum atomic E-state index is -0.874. The molecule has 0 radical (unpaired) electrons. The van der Waals surface area contributed by atoms with E-state index in [4.69, 9.17) is 4.74 Å². The molecule has 0 aliphatic carbocycles. The van der Waals surface area contributed by atoms with E-state index in [-0.39, 0.29) is 5.92 Å². The molecule has 1 heterocycles. The van der Waals surface area contributed by atoms with Crippen molar-refractivity contribution in [3.05, 3.63) is 71.3 Å². The smallest absolute Gasteiger partial charge is 0.0976 e. The Bertz CT molecular complexity index is 679. The molecule has 1 aliphatic heterocycles. The zero-order valence-electron chi connectivity index (χ0n) is 16.7. The van der Waals surface area contributed by atoms with Gasteiger partial charge < -0.3 is 9.84 Å². The Kier molecular flexibility index (Phi) is 7.06. The van der Waals surface area contributed by atoms with Gasteiger partial charge in [-0.25, -0.2) is 0 Å². The Morgan fingerprint density at radius 2 is 1.67 bits per heavy atom. The van der Waals surface area contributed by atoms with E-state index >= 15 is 0 Å². The van der Waals surface area contributed by atoms with Crippen LogP contribution in [0.25, 0.3) is 0 Å². The number of aliphatic hydroxyl groups is 1. The number of nitrogens with zero attached hydrogens (tertiary/aromatic N) is 1. The maximum absolute atomic E-state index is 12.0. The van der Waals surface area contributed by atoms with Gasteiger partial charge in [0.25, 0.3) is 0 Å². The molecule has 2 aromatic rings. The van der Waals surface area contributed by atoms with Crippen molar-refractivity contribution < 1.29 is 9.84 Å². The molecule has 0 aromatic heterocycles. The standard InChI is InChI=1S/C24H33NO2/c1-3-14-24(26,22-12-10-20(4-2)11-13-22)23(21-8-6-5-7-9-21)19-25-15-17-27-18-16-25/h5-13,23,26H,3-4,14-19H2,1-2H3/t23-,24+/m1/s1. The Morgan fingerprint density at radius 3 is 2.26 bits per heavy atom. The lowest BCUT2D eigenvalue weighted by molar-refractivity contribution is -0.0285. The molecule has 3 nitrogen and oxygen atoms in total. The molecule has 0 bridgehead atoms. The summed E-state index contributed by atoms with van der Waals surface area (Å²) in [6.45, 7) is 8.58. The van der Waals surface area contributed by atoms with Gasteiger partial charge in [0.05, 0.1) is 18.8 Å². The molecule has 3 heteroatoms. The van der Waals surface area contributed by atoms with Crippen molar-refractivity contribution in [2.75, 3.05) is 32.8 Å². The zero-order valence-corrected chi connectivity index (χ0v) is 16.7. The quantitative estimate of drug-likeness (QED) is 0.753. The molecule has 0 unspecified atom stereocenters. The van der Waals surface area contributed by atoms with Crippen LogP contribution in [0.5, 0.6) is 0 Å². The fraction of sp³-hybridized carbons (Fsp3) is 0.500. The van der Waals surface area contributed by atoms with Gasteiger partial charge in [-0.2, -0.15) is 0 Å². The summed E-state index contributed by atoms with van der Waals surface area (Å²) >= 11 is 0. The van der Waals surface area contributed by atoms with E-state index in [1.807, 2.05) is 6.07 Å². The van der Waals surface area contributed by atoms with E-state index < -0.39 is 5.60 Å². The molecular weight excluding hydrogens is 334 g/mol. The molecule has 0 saturated carbocycles. The van der Waals surface area contributed by atoms with Gasteiger partial charge in [-0.05, 0) is 29.5 Å². The fourth-order valence-corrected chi connectivity index (χ4v) is 4.19. The minimum absolute atomic E-state index is 0.0317. The third kappa shape index (κ3) is 4.78. The van der Waals surface area contributed by atoms with Crippen molar-refractivity contribution in [2.45, 2.75) is 44.6 Å². The Labute approximate surface area is 164 Å². The highest BCUT2D eigenvalue weighted by Gasteiger charge is 2.39. The average Bonchev–Trinajstić information content (AvgIpc) is 2.73. The second-order valence-corrected chi connectivity index (χ2v) is 7.60. The van der Waals surface area contributed by atoms with Crippen LogP contribution >= 0.6 is 0 Å². The highest BCUT2D eigenvalue weighted by molar-refractivity contribution is 5.33. The van der Waals surface area contributed by atoms with Crippen LogP contribution in [-0.4, -0.2) is 42.9 Å². The van der Waals surface area contributed by atoms with Crippen LogP contribution < -0.4 is 0 Å². The molecule has 0 spiro atoms. The molecule has 2 aromatic carbocycles. The van der Waals surface area contributed by atoms with Crippen molar-refractivity contribution >= 4 is 0 Å². The summed E-state index contributed by atoms with van der Waals surface area (Å²) < 4.78 is 5.53. The number of benzene rings is 2. The number of hydrogen-bond acceptors (Lipinski definition) is 3. The van der Waals surface area contributed by atoms with Gasteiger partial charge >= 0.3 is 0 Å². The third-order valence-corrected chi connectivity index (χ3v) is 5.82. The first-order valence-electron chi connectivity index (χ1n) is 10.3. The molecular formula is C24H33NO2. The normalized spacial score (nSPS) is 18.8. The Hall–Kier alpha value is -1.68. The largest absolute Gasteiger partial charge is 0.384 e. The average molecular weight is 368 g/mol. The van der Waals surface area contributed by atoms with Gasteiger partial charge in [-0.15, -0.1) is 0 Å². The van der Waals surface area contributed by atoms with E-state index in [9.17, 15) is 5.11 Å². The van der Waals surface area contributed by atoms with Gasteiger partial charge in [0.15, 0.2) is 0 Å². The lowest BCUT2D eigenvalue weighted by Gasteiger charge is -2.41. The predicted molar refractivity (Wildman–Crippen MR) is 111 cm³/mol. The molecule has 146 valence electrons. The number of ether oxygens (including phenoxy) is 1. The maximum atomic E-state index is 12.0.